The number of hydrogen-bond acceptors (Lipinski definition) is 9. The van der Waals surface area contributed by atoms with Crippen molar-refractivity contribution in [2.24, 2.45) is 5.92 Å². The van der Waals surface area contributed by atoms with Gasteiger partial charge in [-0.25, -0.2) is 4.89 Å². The van der Waals surface area contributed by atoms with E-state index in [9.17, 15) is 34.6 Å². The first-order valence-corrected chi connectivity index (χ1v) is 13.7. The summed E-state index contributed by atoms with van der Waals surface area (Å²) in [6, 6.07) is 1.98. The molecule has 4 rings (SSSR count). The molecule has 3 aliphatic rings. The van der Waals surface area contributed by atoms with Crippen LogP contribution in [0.25, 0.3) is 0 Å². The van der Waals surface area contributed by atoms with Crippen LogP contribution in [0.5, 0.6) is 0 Å². The van der Waals surface area contributed by atoms with Crippen molar-refractivity contribution in [2.75, 3.05) is 14.1 Å². The second-order valence-electron chi connectivity index (χ2n) is 13.5. The zero-order valence-corrected chi connectivity index (χ0v) is 25.5. The van der Waals surface area contributed by atoms with E-state index in [1.165, 1.54) is 25.9 Å². The molecule has 0 radical (unpaired) electrons. The Balaban J connectivity index is 2.03. The number of nitrogens with one attached hydrogen (secondary N) is 1. The van der Waals surface area contributed by atoms with E-state index >= 15 is 0 Å². The minimum absolute atomic E-state index is 0.00154. The fraction of sp³-hybridized carbons (Fsp3) is 0.533. The lowest BCUT2D eigenvalue weighted by Crippen LogP contribution is -2.66. The van der Waals surface area contributed by atoms with E-state index in [1.807, 2.05) is 20.8 Å². The summed E-state index contributed by atoms with van der Waals surface area (Å²) in [5.74, 6) is -6.19. The van der Waals surface area contributed by atoms with Crippen LogP contribution in [0.15, 0.2) is 34.6 Å². The van der Waals surface area contributed by atoms with Crippen molar-refractivity contribution in [3.05, 3.63) is 56.3 Å². The topological polar surface area (TPSA) is 153 Å². The summed E-state index contributed by atoms with van der Waals surface area (Å²) in [6.07, 6.45) is -0.315. The first kappa shape index (κ1) is 31.1. The number of Topliss-reactive ketones (excluding diaryl/α,β-unsaturated/α-hetero) is 3. The zero-order valence-electron chi connectivity index (χ0n) is 24.7. The van der Waals surface area contributed by atoms with Crippen LogP contribution >= 0.6 is 11.6 Å². The molecule has 1 amide bonds. The third kappa shape index (κ3) is 4.47. The Morgan fingerprint density at radius 3 is 2.20 bits per heavy atom. The maximum atomic E-state index is 14.3. The smallest absolute Gasteiger partial charge is 0.258 e. The number of aliphatic hydroxyl groups is 2. The molecule has 0 saturated heterocycles. The Hall–Kier alpha value is -2.89. The molecule has 4 N–H and O–H groups in total. The Morgan fingerprint density at radius 2 is 1.71 bits per heavy atom. The van der Waals surface area contributed by atoms with E-state index in [1.54, 1.807) is 32.9 Å². The molecule has 4 unspecified atom stereocenters. The first-order chi connectivity index (χ1) is 18.6. The van der Waals surface area contributed by atoms with Gasteiger partial charge in [-0.05, 0) is 76.9 Å². The predicted octanol–water partition coefficient (Wildman–Crippen LogP) is 3.40. The van der Waals surface area contributed by atoms with Gasteiger partial charge in [0.1, 0.15) is 16.9 Å². The van der Waals surface area contributed by atoms with Crippen LogP contribution in [0, 0.1) is 5.92 Å². The number of rotatable bonds is 3. The third-order valence-electron chi connectivity index (χ3n) is 8.27. The molecule has 1 aromatic rings. The van der Waals surface area contributed by atoms with Gasteiger partial charge in [0.05, 0.1) is 11.6 Å². The van der Waals surface area contributed by atoms with Crippen molar-refractivity contribution in [2.45, 2.75) is 83.1 Å². The van der Waals surface area contributed by atoms with E-state index in [-0.39, 0.29) is 28.1 Å². The van der Waals surface area contributed by atoms with Crippen molar-refractivity contribution in [3.8, 4) is 0 Å². The average Bonchev–Trinajstić information content (AvgIpc) is 2.82. The van der Waals surface area contributed by atoms with Gasteiger partial charge in [0.2, 0.25) is 5.78 Å². The molecule has 41 heavy (non-hydrogen) atoms. The second kappa shape index (κ2) is 9.57. The monoisotopic (exact) mass is 588 g/mol. The fourth-order valence-electron chi connectivity index (χ4n) is 6.21. The molecule has 0 heterocycles. The summed E-state index contributed by atoms with van der Waals surface area (Å²) in [5.41, 5.74) is -6.26. The molecule has 1 aromatic carbocycles. The number of benzene rings is 1. The maximum Gasteiger partial charge on any atom is 0.258 e. The Morgan fingerprint density at radius 1 is 1.12 bits per heavy atom. The normalized spacial score (nSPS) is 28.6. The summed E-state index contributed by atoms with van der Waals surface area (Å²) < 4.78 is 0. The molecule has 0 aromatic heterocycles. The number of carbonyl (C=O) groups excluding carboxylic acids is 4. The van der Waals surface area contributed by atoms with E-state index in [2.05, 4.69) is 5.32 Å². The van der Waals surface area contributed by atoms with Crippen molar-refractivity contribution >= 4 is 34.9 Å². The molecule has 3 aliphatic carbocycles. The van der Waals surface area contributed by atoms with Crippen LogP contribution in [0.1, 0.15) is 76.4 Å². The SMILES string of the molecule is CN(C)C1C(=O)C(C(=O)NC(C)(C)C)=C(O)C2(O)C(=O)C3=C(CC12)C(C)(OO)c1c(Cl)cc(C(C)(C)C)cc1C3=O. The Labute approximate surface area is 243 Å². The molecule has 0 bridgehead atoms. The van der Waals surface area contributed by atoms with Crippen molar-refractivity contribution in [3.63, 3.8) is 0 Å². The highest BCUT2D eigenvalue weighted by Crippen LogP contribution is 2.55. The number of ketones is 3. The average molecular weight is 589 g/mol. The zero-order chi connectivity index (χ0) is 31.2. The van der Waals surface area contributed by atoms with Crippen LogP contribution in [-0.2, 0) is 30.3 Å². The van der Waals surface area contributed by atoms with Gasteiger partial charge < -0.3 is 15.5 Å². The quantitative estimate of drug-likeness (QED) is 0.236. The molecule has 222 valence electrons. The van der Waals surface area contributed by atoms with Crippen LogP contribution < -0.4 is 5.32 Å². The molecule has 4 atom stereocenters. The van der Waals surface area contributed by atoms with Crippen molar-refractivity contribution in [1.82, 2.24) is 10.2 Å². The molecular formula is C30H37ClN2O8. The number of likely N-dealkylation sites (N-methyl/N-ethyl adjacent to an activating group) is 1. The maximum absolute atomic E-state index is 14.3. The van der Waals surface area contributed by atoms with Gasteiger partial charge in [-0.1, -0.05) is 32.4 Å². The highest BCUT2D eigenvalue weighted by atomic mass is 35.5. The number of carbonyl (C=O) groups is 4. The lowest BCUT2D eigenvalue weighted by atomic mass is 9.57. The largest absolute Gasteiger partial charge is 0.508 e. The standard InChI is InChI=1S/C30H37ClN2O8/c1-27(2,3)13-10-14-20(17(31)11-13)29(7,41-40)15-12-16-21(33(8)9)23(35)19(26(38)32-28(4,5)6)25(37)30(16,39)24(36)18(15)22(14)34/h10-11,16,21,37,39-40H,12H2,1-9H3,(H,32,38). The Kier molecular flexibility index (Phi) is 7.25. The lowest BCUT2D eigenvalue weighted by molar-refractivity contribution is -0.313. The van der Waals surface area contributed by atoms with Gasteiger partial charge in [-0.3, -0.25) is 29.3 Å². The highest BCUT2D eigenvalue weighted by molar-refractivity contribution is 6.36. The molecule has 10 nitrogen and oxygen atoms in total. The van der Waals surface area contributed by atoms with Crippen molar-refractivity contribution in [1.29, 1.82) is 0 Å². The van der Waals surface area contributed by atoms with Gasteiger partial charge in [0, 0.05) is 27.6 Å². The summed E-state index contributed by atoms with van der Waals surface area (Å²) >= 11 is 6.69. The van der Waals surface area contributed by atoms with Gasteiger partial charge in [0.25, 0.3) is 5.91 Å². The van der Waals surface area contributed by atoms with Crippen LogP contribution in [0.3, 0.4) is 0 Å². The first-order valence-electron chi connectivity index (χ1n) is 13.3. The summed E-state index contributed by atoms with van der Waals surface area (Å²) in [4.78, 5) is 61.7. The number of halogens is 1. The van der Waals surface area contributed by atoms with Crippen molar-refractivity contribution < 1.29 is 39.5 Å². The molecule has 0 aliphatic heterocycles. The van der Waals surface area contributed by atoms with Crippen LogP contribution in [-0.4, -0.2) is 74.9 Å². The molecular weight excluding hydrogens is 552 g/mol. The summed E-state index contributed by atoms with van der Waals surface area (Å²) in [7, 11) is 3.07. The van der Waals surface area contributed by atoms with Gasteiger partial charge >= 0.3 is 0 Å². The summed E-state index contributed by atoms with van der Waals surface area (Å²) in [5, 5.41) is 36.4. The van der Waals surface area contributed by atoms with Gasteiger partial charge in [-0.2, -0.15) is 0 Å². The van der Waals surface area contributed by atoms with Gasteiger partial charge in [-0.15, -0.1) is 0 Å². The number of nitrogens with zero attached hydrogens (tertiary/aromatic N) is 1. The molecule has 0 fully saturated rings. The minimum atomic E-state index is -2.79. The molecule has 11 heteroatoms. The van der Waals surface area contributed by atoms with Crippen LogP contribution in [0.4, 0.5) is 0 Å². The Bertz CT molecular complexity index is 1460. The van der Waals surface area contributed by atoms with E-state index in [4.69, 9.17) is 16.5 Å². The lowest BCUT2D eigenvalue weighted by Gasteiger charge is -2.50. The third-order valence-corrected chi connectivity index (χ3v) is 8.56. The molecule has 0 spiro atoms. The van der Waals surface area contributed by atoms with E-state index in [0.717, 1.165) is 0 Å². The van der Waals surface area contributed by atoms with Crippen LogP contribution in [0.2, 0.25) is 5.02 Å². The summed E-state index contributed by atoms with van der Waals surface area (Å²) in [6.45, 7) is 12.2. The fourth-order valence-corrected chi connectivity index (χ4v) is 6.61. The second-order valence-corrected chi connectivity index (χ2v) is 14.0. The van der Waals surface area contributed by atoms with E-state index < -0.39 is 74.3 Å². The number of aliphatic hydroxyl groups excluding tert-OH is 1. The highest BCUT2D eigenvalue weighted by Gasteiger charge is 2.65. The molecule has 0 saturated carbocycles. The van der Waals surface area contributed by atoms with E-state index in [0.29, 0.717) is 5.56 Å². The number of hydrogen-bond donors (Lipinski definition) is 4. The number of fused-ring (bicyclic) bond motifs is 2. The predicted molar refractivity (Wildman–Crippen MR) is 151 cm³/mol. The van der Waals surface area contributed by atoms with Gasteiger partial charge in [0.15, 0.2) is 17.2 Å². The number of amides is 1. The minimum Gasteiger partial charge on any atom is -0.508 e.